The van der Waals surface area contributed by atoms with Gasteiger partial charge in [-0.2, -0.15) is 0 Å². The lowest BCUT2D eigenvalue weighted by Gasteiger charge is -2.18. The Morgan fingerprint density at radius 3 is 2.00 bits per heavy atom. The molecule has 0 aliphatic carbocycles. The maximum absolute atomic E-state index is 5.32. The Bertz CT molecular complexity index is 182. The first-order valence-corrected chi connectivity index (χ1v) is 7.37. The molecule has 0 aliphatic heterocycles. The third-order valence-corrected chi connectivity index (χ3v) is 2.99. The summed E-state index contributed by atoms with van der Waals surface area (Å²) in [5.74, 6) is 0. The molecule has 106 valence electrons. The number of hydrogen-bond acceptors (Lipinski definition) is 2. The number of ether oxygens (including phenoxy) is 1. The molecule has 0 spiro atoms. The summed E-state index contributed by atoms with van der Waals surface area (Å²) in [4.78, 5) is 2.38. The first-order chi connectivity index (χ1) is 8.85. The molecular formula is C16H31NO. The molecule has 0 atom stereocenters. The lowest BCUT2D eigenvalue weighted by Crippen LogP contribution is -2.24. The first kappa shape index (κ1) is 17.4. The number of rotatable bonds is 14. The van der Waals surface area contributed by atoms with Crippen LogP contribution < -0.4 is 0 Å². The van der Waals surface area contributed by atoms with Gasteiger partial charge in [-0.05, 0) is 26.3 Å². The summed E-state index contributed by atoms with van der Waals surface area (Å²) in [6.07, 6.45) is 11.8. The monoisotopic (exact) mass is 253 g/mol. The zero-order chi connectivity index (χ0) is 13.5. The molecule has 0 aliphatic rings. The zero-order valence-electron chi connectivity index (χ0n) is 12.2. The van der Waals surface area contributed by atoms with E-state index in [9.17, 15) is 0 Å². The van der Waals surface area contributed by atoms with Crippen molar-refractivity contribution < 1.29 is 4.74 Å². The molecular weight excluding hydrogens is 222 g/mol. The van der Waals surface area contributed by atoms with Crippen molar-refractivity contribution in [2.45, 2.75) is 45.4 Å². The largest absolute Gasteiger partial charge is 0.382 e. The lowest BCUT2D eigenvalue weighted by atomic mass is 10.1. The van der Waals surface area contributed by atoms with Gasteiger partial charge < -0.3 is 4.74 Å². The van der Waals surface area contributed by atoms with Gasteiger partial charge in [0.2, 0.25) is 0 Å². The van der Waals surface area contributed by atoms with Gasteiger partial charge in [0.15, 0.2) is 0 Å². The highest BCUT2D eigenvalue weighted by atomic mass is 16.5. The van der Waals surface area contributed by atoms with Crippen LogP contribution in [0.4, 0.5) is 0 Å². The topological polar surface area (TPSA) is 12.5 Å². The number of nitrogens with zero attached hydrogens (tertiary/aromatic N) is 1. The Labute approximate surface area is 114 Å². The van der Waals surface area contributed by atoms with E-state index >= 15 is 0 Å². The van der Waals surface area contributed by atoms with Crippen LogP contribution in [0.2, 0.25) is 0 Å². The fraction of sp³-hybridized carbons (Fsp3) is 0.750. The Kier molecular flexibility index (Phi) is 14.0. The molecule has 0 aromatic rings. The molecule has 0 aromatic carbocycles. The van der Waals surface area contributed by atoms with E-state index in [1.165, 1.54) is 38.5 Å². The molecule has 2 nitrogen and oxygen atoms in total. The van der Waals surface area contributed by atoms with Gasteiger partial charge in [-0.3, -0.25) is 4.90 Å². The maximum atomic E-state index is 5.32. The van der Waals surface area contributed by atoms with Gasteiger partial charge >= 0.3 is 0 Å². The van der Waals surface area contributed by atoms with Crippen molar-refractivity contribution in [2.75, 3.05) is 32.8 Å². The van der Waals surface area contributed by atoms with Gasteiger partial charge in [0, 0.05) is 26.3 Å². The second-order valence-corrected chi connectivity index (χ2v) is 4.66. The molecule has 0 N–H and O–H groups in total. The minimum atomic E-state index is 0.850. The van der Waals surface area contributed by atoms with Gasteiger partial charge in [-0.15, -0.1) is 13.2 Å². The highest BCUT2D eigenvalue weighted by Crippen LogP contribution is 2.06. The molecule has 0 amide bonds. The Morgan fingerprint density at radius 1 is 0.889 bits per heavy atom. The summed E-state index contributed by atoms with van der Waals surface area (Å²) in [5, 5.41) is 0. The Morgan fingerprint density at radius 2 is 1.44 bits per heavy atom. The summed E-state index contributed by atoms with van der Waals surface area (Å²) in [6, 6.07) is 0. The maximum Gasteiger partial charge on any atom is 0.0465 e. The molecule has 0 saturated heterocycles. The van der Waals surface area contributed by atoms with E-state index in [0.29, 0.717) is 0 Å². The van der Waals surface area contributed by atoms with Crippen LogP contribution in [0.1, 0.15) is 45.4 Å². The average Bonchev–Trinajstić information content (AvgIpc) is 2.37. The van der Waals surface area contributed by atoms with Gasteiger partial charge in [-0.25, -0.2) is 0 Å². The van der Waals surface area contributed by atoms with E-state index in [0.717, 1.165) is 32.8 Å². The van der Waals surface area contributed by atoms with E-state index in [1.54, 1.807) is 0 Å². The van der Waals surface area contributed by atoms with E-state index in [-0.39, 0.29) is 0 Å². The second-order valence-electron chi connectivity index (χ2n) is 4.66. The molecule has 0 fully saturated rings. The van der Waals surface area contributed by atoms with Crippen molar-refractivity contribution in [2.24, 2.45) is 0 Å². The van der Waals surface area contributed by atoms with Crippen LogP contribution >= 0.6 is 0 Å². The number of unbranched alkanes of at least 4 members (excludes halogenated alkanes) is 5. The minimum absolute atomic E-state index is 0.850. The standard InChI is InChI=1S/C16H31NO/c1-4-13-17(14-5-2)15-11-9-7-8-10-12-16-18-6-3/h4-5H,1-2,6-16H2,3H3. The van der Waals surface area contributed by atoms with E-state index in [1.807, 2.05) is 12.2 Å². The summed E-state index contributed by atoms with van der Waals surface area (Å²) in [6.45, 7) is 14.5. The normalized spacial score (nSPS) is 10.8. The summed E-state index contributed by atoms with van der Waals surface area (Å²) < 4.78 is 5.32. The molecule has 0 saturated carbocycles. The van der Waals surface area contributed by atoms with E-state index < -0.39 is 0 Å². The molecule has 0 radical (unpaired) electrons. The van der Waals surface area contributed by atoms with Crippen molar-refractivity contribution in [3.05, 3.63) is 25.3 Å². The SMILES string of the molecule is C=CCN(CC=C)CCCCCCCCOCC. The summed E-state index contributed by atoms with van der Waals surface area (Å²) >= 11 is 0. The van der Waals surface area contributed by atoms with Gasteiger partial charge in [0.25, 0.3) is 0 Å². The fourth-order valence-electron chi connectivity index (χ4n) is 2.01. The van der Waals surface area contributed by atoms with Crippen molar-refractivity contribution in [1.29, 1.82) is 0 Å². The highest BCUT2D eigenvalue weighted by molar-refractivity contribution is 4.79. The third-order valence-electron chi connectivity index (χ3n) is 2.99. The first-order valence-electron chi connectivity index (χ1n) is 7.37. The van der Waals surface area contributed by atoms with Crippen LogP contribution in [0.3, 0.4) is 0 Å². The molecule has 0 unspecified atom stereocenters. The van der Waals surface area contributed by atoms with Crippen LogP contribution in [0, 0.1) is 0 Å². The lowest BCUT2D eigenvalue weighted by molar-refractivity contribution is 0.143. The minimum Gasteiger partial charge on any atom is -0.382 e. The predicted molar refractivity (Wildman–Crippen MR) is 81.0 cm³/mol. The van der Waals surface area contributed by atoms with E-state index in [4.69, 9.17) is 4.74 Å². The molecule has 0 bridgehead atoms. The Balaban J connectivity index is 3.26. The van der Waals surface area contributed by atoms with Crippen LogP contribution in [-0.2, 0) is 4.74 Å². The third kappa shape index (κ3) is 11.9. The van der Waals surface area contributed by atoms with Crippen molar-refractivity contribution >= 4 is 0 Å². The molecule has 0 aromatic heterocycles. The average molecular weight is 253 g/mol. The van der Waals surface area contributed by atoms with Crippen molar-refractivity contribution in [3.8, 4) is 0 Å². The highest BCUT2D eigenvalue weighted by Gasteiger charge is 1.99. The summed E-state index contributed by atoms with van der Waals surface area (Å²) in [5.41, 5.74) is 0. The molecule has 0 rings (SSSR count). The smallest absolute Gasteiger partial charge is 0.0465 e. The Hall–Kier alpha value is -0.600. The molecule has 0 heterocycles. The van der Waals surface area contributed by atoms with Crippen LogP contribution in [0.5, 0.6) is 0 Å². The van der Waals surface area contributed by atoms with Gasteiger partial charge in [-0.1, -0.05) is 37.8 Å². The van der Waals surface area contributed by atoms with Crippen LogP contribution in [0.15, 0.2) is 25.3 Å². The van der Waals surface area contributed by atoms with Gasteiger partial charge in [0.1, 0.15) is 0 Å². The predicted octanol–water partition coefficient (Wildman–Crippen LogP) is 4.04. The molecule has 18 heavy (non-hydrogen) atoms. The van der Waals surface area contributed by atoms with Gasteiger partial charge in [0.05, 0.1) is 0 Å². The van der Waals surface area contributed by atoms with Crippen molar-refractivity contribution in [1.82, 2.24) is 4.90 Å². The quantitative estimate of drug-likeness (QED) is 0.342. The molecule has 2 heteroatoms. The second kappa shape index (κ2) is 14.5. The fourth-order valence-corrected chi connectivity index (χ4v) is 2.01. The van der Waals surface area contributed by atoms with E-state index in [2.05, 4.69) is 25.0 Å². The van der Waals surface area contributed by atoms with Crippen LogP contribution in [-0.4, -0.2) is 37.7 Å². The zero-order valence-corrected chi connectivity index (χ0v) is 12.2. The van der Waals surface area contributed by atoms with Crippen LogP contribution in [0.25, 0.3) is 0 Å². The summed E-state index contributed by atoms with van der Waals surface area (Å²) in [7, 11) is 0. The van der Waals surface area contributed by atoms with Crippen molar-refractivity contribution in [3.63, 3.8) is 0 Å². The number of hydrogen-bond donors (Lipinski definition) is 0.